The molecule has 0 aliphatic carbocycles. The standard InChI is InChI=1S/C14H20ClN3/c1-3-18(10-6-9-16)14(11(2)17)12-7-4-5-8-13(12)15/h4-5,7-8,11,14H,3,6,10,17H2,1-2H3. The third-order valence-corrected chi connectivity index (χ3v) is 3.38. The average Bonchev–Trinajstić information content (AvgIpc) is 2.35. The fourth-order valence-corrected chi connectivity index (χ4v) is 2.46. The maximum absolute atomic E-state index is 8.72. The molecule has 0 saturated carbocycles. The highest BCUT2D eigenvalue weighted by molar-refractivity contribution is 6.31. The first kappa shape index (κ1) is 15.0. The molecule has 0 aliphatic rings. The van der Waals surface area contributed by atoms with Crippen LogP contribution in [0, 0.1) is 11.3 Å². The largest absolute Gasteiger partial charge is 0.326 e. The van der Waals surface area contributed by atoms with E-state index in [1.165, 1.54) is 0 Å². The first-order valence-electron chi connectivity index (χ1n) is 6.22. The predicted octanol–water partition coefficient (Wildman–Crippen LogP) is 2.96. The molecule has 1 aromatic rings. The highest BCUT2D eigenvalue weighted by atomic mass is 35.5. The molecule has 0 saturated heterocycles. The molecular formula is C14H20ClN3. The van der Waals surface area contributed by atoms with E-state index in [1.807, 2.05) is 31.2 Å². The molecule has 0 bridgehead atoms. The number of nitrogens with zero attached hydrogens (tertiary/aromatic N) is 2. The molecule has 2 atom stereocenters. The minimum absolute atomic E-state index is 0.0384. The van der Waals surface area contributed by atoms with E-state index in [0.717, 1.165) is 17.1 Å². The van der Waals surface area contributed by atoms with Crippen LogP contribution in [0.5, 0.6) is 0 Å². The maximum Gasteiger partial charge on any atom is 0.0635 e. The molecule has 0 aromatic heterocycles. The lowest BCUT2D eigenvalue weighted by atomic mass is 9.99. The summed E-state index contributed by atoms with van der Waals surface area (Å²) in [6.07, 6.45) is 0.502. The van der Waals surface area contributed by atoms with Crippen molar-refractivity contribution >= 4 is 11.6 Å². The summed E-state index contributed by atoms with van der Waals surface area (Å²) < 4.78 is 0. The summed E-state index contributed by atoms with van der Waals surface area (Å²) in [4.78, 5) is 2.20. The van der Waals surface area contributed by atoms with Crippen LogP contribution in [0.2, 0.25) is 5.02 Å². The summed E-state index contributed by atoms with van der Waals surface area (Å²) in [6, 6.07) is 9.96. The van der Waals surface area contributed by atoms with Crippen LogP contribution in [0.3, 0.4) is 0 Å². The van der Waals surface area contributed by atoms with E-state index in [9.17, 15) is 0 Å². The predicted molar refractivity (Wildman–Crippen MR) is 75.3 cm³/mol. The minimum atomic E-state index is -0.0384. The van der Waals surface area contributed by atoms with Crippen molar-refractivity contribution in [3.05, 3.63) is 34.9 Å². The fourth-order valence-electron chi connectivity index (χ4n) is 2.21. The summed E-state index contributed by atoms with van der Waals surface area (Å²) in [5.41, 5.74) is 7.14. The number of hydrogen-bond acceptors (Lipinski definition) is 3. The molecule has 0 radical (unpaired) electrons. The Balaban J connectivity index is 3.02. The molecule has 3 nitrogen and oxygen atoms in total. The van der Waals surface area contributed by atoms with Gasteiger partial charge in [-0.3, -0.25) is 4.90 Å². The first-order valence-corrected chi connectivity index (χ1v) is 6.60. The zero-order valence-corrected chi connectivity index (χ0v) is 11.7. The van der Waals surface area contributed by atoms with Gasteiger partial charge in [0.05, 0.1) is 12.1 Å². The number of halogens is 1. The fraction of sp³-hybridized carbons (Fsp3) is 0.500. The van der Waals surface area contributed by atoms with Crippen LogP contribution in [0.25, 0.3) is 0 Å². The van der Waals surface area contributed by atoms with Crippen molar-refractivity contribution in [2.75, 3.05) is 13.1 Å². The van der Waals surface area contributed by atoms with Crippen molar-refractivity contribution in [3.8, 4) is 6.07 Å². The van der Waals surface area contributed by atoms with E-state index in [1.54, 1.807) is 0 Å². The third-order valence-electron chi connectivity index (χ3n) is 3.03. The zero-order valence-electron chi connectivity index (χ0n) is 10.9. The molecule has 0 aliphatic heterocycles. The second-order valence-electron chi connectivity index (χ2n) is 4.36. The average molecular weight is 266 g/mol. The Labute approximate surface area is 114 Å². The van der Waals surface area contributed by atoms with Gasteiger partial charge in [-0.2, -0.15) is 5.26 Å². The molecule has 0 heterocycles. The molecule has 2 unspecified atom stereocenters. The topological polar surface area (TPSA) is 53.0 Å². The number of nitrogens with two attached hydrogens (primary N) is 1. The normalized spacial score (nSPS) is 14.2. The molecule has 0 fully saturated rings. The molecule has 18 heavy (non-hydrogen) atoms. The molecule has 4 heteroatoms. The summed E-state index contributed by atoms with van der Waals surface area (Å²) in [5, 5.41) is 9.45. The minimum Gasteiger partial charge on any atom is -0.326 e. The van der Waals surface area contributed by atoms with Crippen LogP contribution in [0.15, 0.2) is 24.3 Å². The second-order valence-corrected chi connectivity index (χ2v) is 4.77. The number of rotatable bonds is 6. The second kappa shape index (κ2) is 7.38. The van der Waals surface area contributed by atoms with Gasteiger partial charge >= 0.3 is 0 Å². The highest BCUT2D eigenvalue weighted by Crippen LogP contribution is 2.29. The van der Waals surface area contributed by atoms with Crippen LogP contribution < -0.4 is 5.73 Å². The molecule has 2 N–H and O–H groups in total. The highest BCUT2D eigenvalue weighted by Gasteiger charge is 2.24. The third kappa shape index (κ3) is 3.71. The Bertz CT molecular complexity index is 412. The van der Waals surface area contributed by atoms with Crippen LogP contribution in [-0.2, 0) is 0 Å². The van der Waals surface area contributed by atoms with E-state index in [-0.39, 0.29) is 12.1 Å². The maximum atomic E-state index is 8.72. The van der Waals surface area contributed by atoms with Gasteiger partial charge in [0.25, 0.3) is 0 Å². The van der Waals surface area contributed by atoms with Crippen molar-refractivity contribution in [1.82, 2.24) is 4.90 Å². The summed E-state index contributed by atoms with van der Waals surface area (Å²) in [6.45, 7) is 5.61. The van der Waals surface area contributed by atoms with E-state index in [2.05, 4.69) is 17.9 Å². The van der Waals surface area contributed by atoms with Gasteiger partial charge in [-0.05, 0) is 25.1 Å². The van der Waals surface area contributed by atoms with Crippen LogP contribution in [0.1, 0.15) is 31.9 Å². The number of benzene rings is 1. The summed E-state index contributed by atoms with van der Waals surface area (Å²) >= 11 is 6.25. The smallest absolute Gasteiger partial charge is 0.0635 e. The summed E-state index contributed by atoms with van der Waals surface area (Å²) in [7, 11) is 0. The Morgan fingerprint density at radius 2 is 2.11 bits per heavy atom. The SMILES string of the molecule is CCN(CCC#N)C(c1ccccc1Cl)C(C)N. The lowest BCUT2D eigenvalue weighted by Crippen LogP contribution is -2.40. The zero-order chi connectivity index (χ0) is 13.5. The number of nitriles is 1. The molecule has 98 valence electrons. The number of likely N-dealkylation sites (N-methyl/N-ethyl adjacent to an activating group) is 1. The van der Waals surface area contributed by atoms with Gasteiger partial charge < -0.3 is 5.73 Å². The van der Waals surface area contributed by atoms with E-state index >= 15 is 0 Å². The Morgan fingerprint density at radius 3 is 2.61 bits per heavy atom. The molecular weight excluding hydrogens is 246 g/mol. The monoisotopic (exact) mass is 265 g/mol. The Morgan fingerprint density at radius 1 is 1.44 bits per heavy atom. The van der Waals surface area contributed by atoms with Crippen molar-refractivity contribution in [1.29, 1.82) is 5.26 Å². The van der Waals surface area contributed by atoms with E-state index < -0.39 is 0 Å². The van der Waals surface area contributed by atoms with Crippen LogP contribution in [0.4, 0.5) is 0 Å². The lowest BCUT2D eigenvalue weighted by molar-refractivity contribution is 0.190. The lowest BCUT2D eigenvalue weighted by Gasteiger charge is -2.33. The van der Waals surface area contributed by atoms with Gasteiger partial charge in [0, 0.05) is 24.0 Å². The van der Waals surface area contributed by atoms with Crippen molar-refractivity contribution in [2.45, 2.75) is 32.4 Å². The summed E-state index contributed by atoms with van der Waals surface area (Å²) in [5.74, 6) is 0. The Kier molecular flexibility index (Phi) is 6.14. The Hall–Kier alpha value is -1.08. The van der Waals surface area contributed by atoms with Crippen molar-refractivity contribution in [3.63, 3.8) is 0 Å². The van der Waals surface area contributed by atoms with Gasteiger partial charge in [0.2, 0.25) is 0 Å². The van der Waals surface area contributed by atoms with Gasteiger partial charge in [0.1, 0.15) is 0 Å². The molecule has 1 rings (SSSR count). The molecule has 0 spiro atoms. The van der Waals surface area contributed by atoms with Gasteiger partial charge in [-0.1, -0.05) is 36.7 Å². The van der Waals surface area contributed by atoms with Crippen molar-refractivity contribution < 1.29 is 0 Å². The van der Waals surface area contributed by atoms with Crippen LogP contribution >= 0.6 is 11.6 Å². The quantitative estimate of drug-likeness (QED) is 0.860. The first-order chi connectivity index (χ1) is 8.61. The molecule has 0 amide bonds. The van der Waals surface area contributed by atoms with E-state index in [4.69, 9.17) is 22.6 Å². The van der Waals surface area contributed by atoms with Gasteiger partial charge in [-0.25, -0.2) is 0 Å². The molecule has 1 aromatic carbocycles. The van der Waals surface area contributed by atoms with Crippen molar-refractivity contribution in [2.24, 2.45) is 5.73 Å². The van der Waals surface area contributed by atoms with Gasteiger partial charge in [0.15, 0.2) is 0 Å². The van der Waals surface area contributed by atoms with Gasteiger partial charge in [-0.15, -0.1) is 0 Å². The van der Waals surface area contributed by atoms with Crippen LogP contribution in [-0.4, -0.2) is 24.0 Å². The van der Waals surface area contributed by atoms with E-state index in [0.29, 0.717) is 13.0 Å². The number of hydrogen-bond donors (Lipinski definition) is 1.